The fourth-order valence-electron chi connectivity index (χ4n) is 4.18. The molecule has 13 heteroatoms. The number of rotatable bonds is 12. The second-order valence-corrected chi connectivity index (χ2v) is 11.5. The molecule has 0 atom stereocenters. The highest BCUT2D eigenvalue weighted by Gasteiger charge is 2.17. The van der Waals surface area contributed by atoms with Gasteiger partial charge in [0.15, 0.2) is 0 Å². The maximum atomic E-state index is 14.2. The predicted molar refractivity (Wildman–Crippen MR) is 174 cm³/mol. The highest BCUT2D eigenvalue weighted by Crippen LogP contribution is 2.38. The van der Waals surface area contributed by atoms with E-state index in [1.807, 2.05) is 51.0 Å². The fraction of sp³-hybridized carbons (Fsp3) is 0.212. The molecular formula is C33H32FN7O4S. The second kappa shape index (κ2) is 14.7. The number of hydrogen-bond acceptors (Lipinski definition) is 11. The molecule has 4 heterocycles. The number of hydrogen-bond donors (Lipinski definition) is 2. The number of aryl methyl sites for hydroxylation is 2. The molecule has 1 aromatic carbocycles. The number of benzene rings is 1. The smallest absolute Gasteiger partial charge is 0.338 e. The lowest BCUT2D eigenvalue weighted by Gasteiger charge is -2.11. The van der Waals surface area contributed by atoms with Gasteiger partial charge in [-0.15, -0.1) is 0 Å². The maximum absolute atomic E-state index is 14.2. The fourth-order valence-corrected chi connectivity index (χ4v) is 5.06. The minimum atomic E-state index is -0.682. The zero-order valence-corrected chi connectivity index (χ0v) is 26.5. The van der Waals surface area contributed by atoms with Crippen molar-refractivity contribution in [2.45, 2.75) is 20.3 Å². The van der Waals surface area contributed by atoms with Crippen molar-refractivity contribution in [1.29, 1.82) is 0 Å². The van der Waals surface area contributed by atoms with Gasteiger partial charge in [-0.3, -0.25) is 9.78 Å². The van der Waals surface area contributed by atoms with Gasteiger partial charge in [-0.1, -0.05) is 24.3 Å². The summed E-state index contributed by atoms with van der Waals surface area (Å²) in [7, 11) is 3.69. The Morgan fingerprint density at radius 2 is 1.83 bits per heavy atom. The molecule has 0 bridgehead atoms. The molecule has 5 rings (SSSR count). The van der Waals surface area contributed by atoms with E-state index in [-0.39, 0.29) is 23.4 Å². The van der Waals surface area contributed by atoms with E-state index in [0.29, 0.717) is 34.7 Å². The van der Waals surface area contributed by atoms with Gasteiger partial charge in [-0.05, 0) is 76.0 Å². The van der Waals surface area contributed by atoms with Crippen LogP contribution in [0.5, 0.6) is 10.8 Å². The summed E-state index contributed by atoms with van der Waals surface area (Å²) in [5.74, 6) is -0.436. The Balaban J connectivity index is 1.23. The lowest BCUT2D eigenvalue weighted by Crippen LogP contribution is -2.20. The largest absolute Gasteiger partial charge is 0.461 e. The summed E-state index contributed by atoms with van der Waals surface area (Å²) in [6.07, 6.45) is 3.75. The van der Waals surface area contributed by atoms with Crippen LogP contribution >= 0.6 is 11.3 Å². The molecule has 0 aliphatic carbocycles. The first-order valence-corrected chi connectivity index (χ1v) is 15.2. The summed E-state index contributed by atoms with van der Waals surface area (Å²) in [5, 5.41) is 7.27. The van der Waals surface area contributed by atoms with Crippen molar-refractivity contribution >= 4 is 40.5 Å². The number of pyridine rings is 3. The van der Waals surface area contributed by atoms with Crippen LogP contribution in [0.15, 0.2) is 73.1 Å². The van der Waals surface area contributed by atoms with Gasteiger partial charge in [0.25, 0.3) is 5.91 Å². The van der Waals surface area contributed by atoms with Crippen LogP contribution in [0.3, 0.4) is 0 Å². The molecule has 0 saturated heterocycles. The van der Waals surface area contributed by atoms with E-state index in [2.05, 4.69) is 25.6 Å². The van der Waals surface area contributed by atoms with Crippen molar-refractivity contribution in [2.75, 3.05) is 37.9 Å². The molecule has 11 nitrogen and oxygen atoms in total. The van der Waals surface area contributed by atoms with E-state index >= 15 is 0 Å². The van der Waals surface area contributed by atoms with Gasteiger partial charge in [0.05, 0.1) is 21.8 Å². The molecule has 0 saturated carbocycles. The molecule has 0 radical (unpaired) electrons. The maximum Gasteiger partial charge on any atom is 0.338 e. The molecule has 1 amide bonds. The van der Waals surface area contributed by atoms with Gasteiger partial charge in [0.1, 0.15) is 35.5 Å². The Labute approximate surface area is 269 Å². The monoisotopic (exact) mass is 641 g/mol. The summed E-state index contributed by atoms with van der Waals surface area (Å²) in [4.78, 5) is 45.0. The lowest BCUT2D eigenvalue weighted by atomic mass is 10.2. The average molecular weight is 642 g/mol. The van der Waals surface area contributed by atoms with Crippen LogP contribution in [0.2, 0.25) is 0 Å². The molecule has 0 spiro atoms. The van der Waals surface area contributed by atoms with Crippen LogP contribution in [0.25, 0.3) is 11.4 Å². The first kappa shape index (κ1) is 32.1. The van der Waals surface area contributed by atoms with Gasteiger partial charge in [0, 0.05) is 36.4 Å². The topological polar surface area (TPSA) is 131 Å². The van der Waals surface area contributed by atoms with Crippen molar-refractivity contribution in [1.82, 2.24) is 24.8 Å². The van der Waals surface area contributed by atoms with E-state index in [4.69, 9.17) is 14.5 Å². The summed E-state index contributed by atoms with van der Waals surface area (Å²) in [6, 6.07) is 16.0. The average Bonchev–Trinajstić information content (AvgIpc) is 3.44. The number of carbonyl (C=O) groups excluding carboxylic acids is 2. The summed E-state index contributed by atoms with van der Waals surface area (Å²) < 4.78 is 25.6. The molecule has 0 aliphatic heterocycles. The van der Waals surface area contributed by atoms with Crippen LogP contribution in [-0.2, 0) is 11.2 Å². The number of carbonyl (C=O) groups is 2. The van der Waals surface area contributed by atoms with E-state index < -0.39 is 17.7 Å². The van der Waals surface area contributed by atoms with Crippen LogP contribution in [0.4, 0.5) is 21.7 Å². The molecule has 236 valence electrons. The zero-order valence-electron chi connectivity index (χ0n) is 25.7. The predicted octanol–water partition coefficient (Wildman–Crippen LogP) is 6.51. The minimum absolute atomic E-state index is 0.00496. The van der Waals surface area contributed by atoms with E-state index in [0.717, 1.165) is 34.9 Å². The third kappa shape index (κ3) is 8.46. The van der Waals surface area contributed by atoms with Crippen LogP contribution < -0.4 is 15.4 Å². The van der Waals surface area contributed by atoms with E-state index in [1.165, 1.54) is 23.6 Å². The van der Waals surface area contributed by atoms with E-state index in [9.17, 15) is 14.0 Å². The molecule has 5 aromatic rings. The summed E-state index contributed by atoms with van der Waals surface area (Å²) in [5.41, 5.74) is 2.64. The van der Waals surface area contributed by atoms with Gasteiger partial charge in [0.2, 0.25) is 5.06 Å². The normalized spacial score (nSPS) is 10.9. The number of amides is 1. The Bertz CT molecular complexity index is 1850. The number of anilines is 3. The van der Waals surface area contributed by atoms with Gasteiger partial charge < -0.3 is 25.0 Å². The quantitative estimate of drug-likeness (QED) is 0.145. The van der Waals surface area contributed by atoms with Crippen LogP contribution in [0.1, 0.15) is 38.3 Å². The Morgan fingerprint density at radius 1 is 0.978 bits per heavy atom. The highest BCUT2D eigenvalue weighted by atomic mass is 32.1. The van der Waals surface area contributed by atoms with Gasteiger partial charge in [-0.25, -0.2) is 24.1 Å². The standard InChI is InChI=1S/C33H32FN7O4S/c1-5-29-40-30(26-8-6-7-20(2)37-26)33(46-29)45-25-11-12-35-28(18-25)39-27-10-9-21(19-36-27)31(42)38-24-16-22(15-23(34)17-24)32(43)44-14-13-41(3)4/h6-12,15-19H,5,13-14H2,1-4H3,(H,38,42)(H,35,36,39). The van der Waals surface area contributed by atoms with Crippen molar-refractivity contribution < 1.29 is 23.5 Å². The Hall–Kier alpha value is -5.27. The van der Waals surface area contributed by atoms with Crippen molar-refractivity contribution in [3.8, 4) is 22.2 Å². The van der Waals surface area contributed by atoms with Gasteiger partial charge in [-0.2, -0.15) is 0 Å². The highest BCUT2D eigenvalue weighted by molar-refractivity contribution is 7.14. The molecule has 46 heavy (non-hydrogen) atoms. The van der Waals surface area contributed by atoms with Gasteiger partial charge >= 0.3 is 5.97 Å². The van der Waals surface area contributed by atoms with E-state index in [1.54, 1.807) is 30.5 Å². The molecule has 0 unspecified atom stereocenters. The minimum Gasteiger partial charge on any atom is -0.461 e. The zero-order chi connectivity index (χ0) is 32.6. The second-order valence-electron chi connectivity index (χ2n) is 10.4. The first-order valence-electron chi connectivity index (χ1n) is 14.4. The Kier molecular flexibility index (Phi) is 10.2. The molecular weight excluding hydrogens is 609 g/mol. The SMILES string of the molecule is CCc1nc(-c2cccc(C)n2)c(Oc2ccnc(Nc3ccc(C(=O)Nc4cc(F)cc(C(=O)OCCN(C)C)c4)cn3)c2)s1. The molecule has 4 aromatic heterocycles. The number of likely N-dealkylation sites (N-methyl/N-ethyl adjacent to an activating group) is 1. The van der Waals surface area contributed by atoms with Crippen molar-refractivity contribution in [3.63, 3.8) is 0 Å². The molecule has 0 fully saturated rings. The lowest BCUT2D eigenvalue weighted by molar-refractivity contribution is 0.0481. The first-order chi connectivity index (χ1) is 22.2. The third-order valence-electron chi connectivity index (χ3n) is 6.46. The number of nitrogens with one attached hydrogen (secondary N) is 2. The number of aromatic nitrogens is 4. The van der Waals surface area contributed by atoms with Crippen LogP contribution in [-0.4, -0.2) is 64.0 Å². The molecule has 2 N–H and O–H groups in total. The van der Waals surface area contributed by atoms with Crippen LogP contribution in [0, 0.1) is 12.7 Å². The van der Waals surface area contributed by atoms with Crippen molar-refractivity contribution in [3.05, 3.63) is 101 Å². The number of thiazole rings is 1. The van der Waals surface area contributed by atoms with Crippen molar-refractivity contribution in [2.24, 2.45) is 0 Å². The summed E-state index contributed by atoms with van der Waals surface area (Å²) in [6.45, 7) is 4.65. The number of ether oxygens (including phenoxy) is 2. The number of esters is 1. The summed E-state index contributed by atoms with van der Waals surface area (Å²) >= 11 is 1.47. The number of halogens is 1. The Morgan fingerprint density at radius 3 is 2.57 bits per heavy atom. The molecule has 0 aliphatic rings. The number of nitrogens with zero attached hydrogens (tertiary/aromatic N) is 5. The third-order valence-corrected chi connectivity index (χ3v) is 7.54.